The SMILES string of the molecule is COCCC(N)CNCCCC(F)(F)F. The van der Waals surface area contributed by atoms with Gasteiger partial charge in [0.15, 0.2) is 0 Å². The van der Waals surface area contributed by atoms with Crippen molar-refractivity contribution in [3.05, 3.63) is 0 Å². The lowest BCUT2D eigenvalue weighted by molar-refractivity contribution is -0.135. The average Bonchev–Trinajstić information content (AvgIpc) is 2.12. The molecule has 0 amide bonds. The summed E-state index contributed by atoms with van der Waals surface area (Å²) in [7, 11) is 1.59. The largest absolute Gasteiger partial charge is 0.389 e. The van der Waals surface area contributed by atoms with E-state index >= 15 is 0 Å². The summed E-state index contributed by atoms with van der Waals surface area (Å²) in [5.41, 5.74) is 5.66. The number of alkyl halides is 3. The van der Waals surface area contributed by atoms with Crippen molar-refractivity contribution in [3.8, 4) is 0 Å². The molecule has 0 heterocycles. The zero-order valence-corrected chi connectivity index (χ0v) is 8.94. The molecule has 0 saturated carbocycles. The molecule has 0 saturated heterocycles. The molecule has 0 bridgehead atoms. The Balaban J connectivity index is 3.23. The predicted octanol–water partition coefficient (Wildman–Crippen LogP) is 1.28. The lowest BCUT2D eigenvalue weighted by Gasteiger charge is -2.12. The van der Waals surface area contributed by atoms with Gasteiger partial charge in [-0.2, -0.15) is 13.2 Å². The van der Waals surface area contributed by atoms with E-state index < -0.39 is 12.6 Å². The maximum Gasteiger partial charge on any atom is 0.389 e. The van der Waals surface area contributed by atoms with E-state index in [1.54, 1.807) is 7.11 Å². The zero-order valence-electron chi connectivity index (χ0n) is 8.94. The van der Waals surface area contributed by atoms with Crippen molar-refractivity contribution < 1.29 is 17.9 Å². The van der Waals surface area contributed by atoms with Crippen LogP contribution in [0.2, 0.25) is 0 Å². The van der Waals surface area contributed by atoms with Crippen LogP contribution in [0.4, 0.5) is 13.2 Å². The number of methoxy groups -OCH3 is 1. The molecule has 0 aliphatic heterocycles. The molecule has 0 spiro atoms. The minimum atomic E-state index is -4.06. The molecule has 1 unspecified atom stereocenters. The van der Waals surface area contributed by atoms with Crippen molar-refractivity contribution in [1.82, 2.24) is 5.32 Å². The van der Waals surface area contributed by atoms with Crippen LogP contribution in [0.1, 0.15) is 19.3 Å². The highest BCUT2D eigenvalue weighted by Gasteiger charge is 2.25. The van der Waals surface area contributed by atoms with Gasteiger partial charge in [-0.15, -0.1) is 0 Å². The van der Waals surface area contributed by atoms with E-state index in [0.717, 1.165) is 0 Å². The zero-order chi connectivity index (χ0) is 11.7. The topological polar surface area (TPSA) is 47.3 Å². The fourth-order valence-electron chi connectivity index (χ4n) is 1.07. The second kappa shape index (κ2) is 7.90. The van der Waals surface area contributed by atoms with E-state index in [-0.39, 0.29) is 12.5 Å². The molecule has 15 heavy (non-hydrogen) atoms. The molecule has 0 aliphatic rings. The van der Waals surface area contributed by atoms with Crippen LogP contribution in [0.5, 0.6) is 0 Å². The Morgan fingerprint density at radius 2 is 2.07 bits per heavy atom. The summed E-state index contributed by atoms with van der Waals surface area (Å²) in [4.78, 5) is 0. The lowest BCUT2D eigenvalue weighted by atomic mass is 10.2. The second-order valence-electron chi connectivity index (χ2n) is 3.46. The number of hydrogen-bond acceptors (Lipinski definition) is 3. The molecular formula is C9H19F3N2O. The molecule has 1 atom stereocenters. The Labute approximate surface area is 88.2 Å². The van der Waals surface area contributed by atoms with Gasteiger partial charge in [0.25, 0.3) is 0 Å². The molecule has 0 radical (unpaired) electrons. The fourth-order valence-corrected chi connectivity index (χ4v) is 1.07. The molecule has 0 aromatic heterocycles. The Hall–Kier alpha value is -0.330. The first-order valence-corrected chi connectivity index (χ1v) is 4.97. The summed E-state index contributed by atoms with van der Waals surface area (Å²) in [6.45, 7) is 1.45. The first-order valence-electron chi connectivity index (χ1n) is 4.97. The smallest absolute Gasteiger partial charge is 0.385 e. The highest BCUT2D eigenvalue weighted by atomic mass is 19.4. The highest BCUT2D eigenvalue weighted by molar-refractivity contribution is 4.64. The van der Waals surface area contributed by atoms with Gasteiger partial charge in [-0.05, 0) is 19.4 Å². The van der Waals surface area contributed by atoms with Crippen LogP contribution in [-0.4, -0.2) is 39.0 Å². The van der Waals surface area contributed by atoms with Crippen LogP contribution in [-0.2, 0) is 4.74 Å². The van der Waals surface area contributed by atoms with Gasteiger partial charge in [-0.25, -0.2) is 0 Å². The van der Waals surface area contributed by atoms with E-state index in [2.05, 4.69) is 5.32 Å². The van der Waals surface area contributed by atoms with Gasteiger partial charge in [-0.3, -0.25) is 0 Å². The lowest BCUT2D eigenvalue weighted by Crippen LogP contribution is -2.35. The summed E-state index contributed by atoms with van der Waals surface area (Å²) in [5.74, 6) is 0. The Morgan fingerprint density at radius 1 is 1.40 bits per heavy atom. The van der Waals surface area contributed by atoms with Gasteiger partial charge in [-0.1, -0.05) is 0 Å². The van der Waals surface area contributed by atoms with Crippen LogP contribution < -0.4 is 11.1 Å². The van der Waals surface area contributed by atoms with E-state index in [0.29, 0.717) is 26.1 Å². The summed E-state index contributed by atoms with van der Waals surface area (Å²) < 4.78 is 40.0. The Kier molecular flexibility index (Phi) is 7.72. The number of nitrogens with one attached hydrogen (secondary N) is 1. The summed E-state index contributed by atoms with van der Waals surface area (Å²) in [6.07, 6.45) is -3.99. The van der Waals surface area contributed by atoms with Crippen molar-refractivity contribution in [3.63, 3.8) is 0 Å². The van der Waals surface area contributed by atoms with Gasteiger partial charge in [0.1, 0.15) is 0 Å². The van der Waals surface area contributed by atoms with Crippen molar-refractivity contribution in [2.45, 2.75) is 31.5 Å². The van der Waals surface area contributed by atoms with Crippen LogP contribution in [0.3, 0.4) is 0 Å². The minimum Gasteiger partial charge on any atom is -0.385 e. The van der Waals surface area contributed by atoms with E-state index in [1.165, 1.54) is 0 Å². The quantitative estimate of drug-likeness (QED) is 0.615. The number of ether oxygens (including phenoxy) is 1. The number of halogens is 3. The third-order valence-corrected chi connectivity index (χ3v) is 1.91. The third kappa shape index (κ3) is 11.6. The predicted molar refractivity (Wildman–Crippen MR) is 52.6 cm³/mol. The van der Waals surface area contributed by atoms with Crippen molar-refractivity contribution in [2.75, 3.05) is 26.8 Å². The second-order valence-corrected chi connectivity index (χ2v) is 3.46. The molecule has 92 valence electrons. The van der Waals surface area contributed by atoms with Gasteiger partial charge in [0.2, 0.25) is 0 Å². The summed E-state index contributed by atoms with van der Waals surface area (Å²) >= 11 is 0. The molecule has 0 aromatic carbocycles. The van der Waals surface area contributed by atoms with E-state index in [1.807, 2.05) is 0 Å². The van der Waals surface area contributed by atoms with Crippen LogP contribution in [0.25, 0.3) is 0 Å². The number of nitrogens with two attached hydrogens (primary N) is 1. The summed E-state index contributed by atoms with van der Waals surface area (Å²) in [6, 6.07) is -0.0594. The van der Waals surface area contributed by atoms with Crippen LogP contribution in [0.15, 0.2) is 0 Å². The number of rotatable bonds is 8. The van der Waals surface area contributed by atoms with E-state index in [4.69, 9.17) is 10.5 Å². The van der Waals surface area contributed by atoms with Crippen molar-refractivity contribution in [2.24, 2.45) is 5.73 Å². The molecule has 0 aromatic rings. The molecule has 6 heteroatoms. The fraction of sp³-hybridized carbons (Fsp3) is 1.00. The summed E-state index contributed by atoms with van der Waals surface area (Å²) in [5, 5.41) is 2.89. The van der Waals surface area contributed by atoms with Gasteiger partial charge >= 0.3 is 6.18 Å². The monoisotopic (exact) mass is 228 g/mol. The standard InChI is InChI=1S/C9H19F3N2O/c1-15-6-3-8(13)7-14-5-2-4-9(10,11)12/h8,14H,2-7,13H2,1H3. The molecular weight excluding hydrogens is 209 g/mol. The molecule has 0 aliphatic carbocycles. The average molecular weight is 228 g/mol. The molecule has 0 fully saturated rings. The van der Waals surface area contributed by atoms with Gasteiger partial charge in [0.05, 0.1) is 0 Å². The van der Waals surface area contributed by atoms with Crippen molar-refractivity contribution in [1.29, 1.82) is 0 Å². The Morgan fingerprint density at radius 3 is 2.60 bits per heavy atom. The molecule has 3 nitrogen and oxygen atoms in total. The first-order chi connectivity index (χ1) is 6.95. The van der Waals surface area contributed by atoms with Crippen LogP contribution >= 0.6 is 0 Å². The first kappa shape index (κ1) is 14.7. The van der Waals surface area contributed by atoms with Gasteiger partial charge in [0, 0.05) is 32.7 Å². The normalized spacial score (nSPS) is 14.2. The van der Waals surface area contributed by atoms with Gasteiger partial charge < -0.3 is 15.8 Å². The molecule has 3 N–H and O–H groups in total. The maximum atomic E-state index is 11.7. The van der Waals surface area contributed by atoms with E-state index in [9.17, 15) is 13.2 Å². The van der Waals surface area contributed by atoms with Crippen LogP contribution in [0, 0.1) is 0 Å². The minimum absolute atomic E-state index is 0.0594. The third-order valence-electron chi connectivity index (χ3n) is 1.91. The highest BCUT2D eigenvalue weighted by Crippen LogP contribution is 2.20. The molecule has 0 rings (SSSR count). The van der Waals surface area contributed by atoms with Crippen molar-refractivity contribution >= 4 is 0 Å². The Bertz CT molecular complexity index is 153. The maximum absolute atomic E-state index is 11.7. The number of hydrogen-bond donors (Lipinski definition) is 2.